The van der Waals surface area contributed by atoms with E-state index in [-0.39, 0.29) is 0 Å². The van der Waals surface area contributed by atoms with Gasteiger partial charge in [-0.1, -0.05) is 13.8 Å². The van der Waals surface area contributed by atoms with E-state index < -0.39 is 0 Å². The van der Waals surface area contributed by atoms with Gasteiger partial charge in [0, 0.05) is 29.1 Å². The Morgan fingerprint density at radius 2 is 2.33 bits per heavy atom. The van der Waals surface area contributed by atoms with Crippen LogP contribution in [0.2, 0.25) is 0 Å². The smallest absolute Gasteiger partial charge is 0.0435 e. The fourth-order valence-corrected chi connectivity index (χ4v) is 4.72. The Bertz CT molecular complexity index is 222. The lowest BCUT2D eigenvalue weighted by atomic mass is 9.92. The molecule has 0 aromatic heterocycles. The van der Waals surface area contributed by atoms with Crippen LogP contribution >= 0.6 is 11.8 Å². The average molecular weight is 228 g/mol. The van der Waals surface area contributed by atoms with Gasteiger partial charge in [-0.2, -0.15) is 11.8 Å². The Kier molecular flexibility index (Phi) is 3.63. The van der Waals surface area contributed by atoms with Gasteiger partial charge in [0.05, 0.1) is 0 Å². The van der Waals surface area contributed by atoms with E-state index in [0.717, 1.165) is 17.8 Å². The number of nitrogens with two attached hydrogens (primary N) is 1. The molecule has 3 atom stereocenters. The minimum atomic E-state index is 0.335. The number of likely N-dealkylation sites (tertiary alicyclic amines) is 1. The van der Waals surface area contributed by atoms with Gasteiger partial charge in [0.1, 0.15) is 0 Å². The molecule has 2 aliphatic heterocycles. The van der Waals surface area contributed by atoms with Crippen LogP contribution in [0, 0.1) is 0 Å². The van der Waals surface area contributed by atoms with Crippen molar-refractivity contribution in [2.75, 3.05) is 18.8 Å². The molecule has 2 rings (SSSR count). The lowest BCUT2D eigenvalue weighted by Gasteiger charge is -2.41. The Morgan fingerprint density at radius 1 is 1.53 bits per heavy atom. The molecule has 0 radical (unpaired) electrons. The van der Waals surface area contributed by atoms with Crippen molar-refractivity contribution in [1.82, 2.24) is 4.90 Å². The van der Waals surface area contributed by atoms with Gasteiger partial charge in [0.15, 0.2) is 0 Å². The summed E-state index contributed by atoms with van der Waals surface area (Å²) in [5.41, 5.74) is 6.41. The molecule has 0 aromatic rings. The minimum absolute atomic E-state index is 0.335. The minimum Gasteiger partial charge on any atom is -0.329 e. The van der Waals surface area contributed by atoms with Crippen molar-refractivity contribution >= 4 is 11.8 Å². The Balaban J connectivity index is 2.11. The molecule has 2 saturated heterocycles. The Hall–Kier alpha value is 0.270. The van der Waals surface area contributed by atoms with Crippen molar-refractivity contribution in [2.45, 2.75) is 56.4 Å². The maximum Gasteiger partial charge on any atom is 0.0435 e. The summed E-state index contributed by atoms with van der Waals surface area (Å²) in [6.45, 7) is 6.79. The molecule has 0 aromatic carbocycles. The zero-order chi connectivity index (χ0) is 10.9. The third-order valence-electron chi connectivity index (χ3n) is 4.14. The number of rotatable bonds is 3. The summed E-state index contributed by atoms with van der Waals surface area (Å²) in [6.07, 6.45) is 5.35. The van der Waals surface area contributed by atoms with Crippen molar-refractivity contribution in [1.29, 1.82) is 0 Å². The van der Waals surface area contributed by atoms with Crippen molar-refractivity contribution in [3.63, 3.8) is 0 Å². The molecule has 2 heterocycles. The van der Waals surface area contributed by atoms with E-state index in [2.05, 4.69) is 30.5 Å². The zero-order valence-electron chi connectivity index (χ0n) is 10.0. The monoisotopic (exact) mass is 228 g/mol. The molecule has 88 valence electrons. The highest BCUT2D eigenvalue weighted by Gasteiger charge is 2.45. The highest BCUT2D eigenvalue weighted by Crippen LogP contribution is 2.41. The molecule has 3 heteroatoms. The molecule has 2 nitrogen and oxygen atoms in total. The van der Waals surface area contributed by atoms with Gasteiger partial charge in [0.2, 0.25) is 0 Å². The average Bonchev–Trinajstić information content (AvgIpc) is 2.84. The van der Waals surface area contributed by atoms with E-state index in [1.807, 2.05) is 0 Å². The second-order valence-corrected chi connectivity index (χ2v) is 6.58. The summed E-state index contributed by atoms with van der Waals surface area (Å²) in [6, 6.07) is 0.805. The maximum absolute atomic E-state index is 6.07. The highest BCUT2D eigenvalue weighted by molar-refractivity contribution is 8.00. The summed E-state index contributed by atoms with van der Waals surface area (Å²) < 4.78 is 0. The fourth-order valence-electron chi connectivity index (χ4n) is 3.29. The third-order valence-corrected chi connectivity index (χ3v) is 5.58. The fraction of sp³-hybridized carbons (Fsp3) is 1.00. The van der Waals surface area contributed by atoms with Gasteiger partial charge in [-0.25, -0.2) is 0 Å². The van der Waals surface area contributed by atoms with Crippen LogP contribution in [0.25, 0.3) is 0 Å². The quantitative estimate of drug-likeness (QED) is 0.802. The first kappa shape index (κ1) is 11.7. The standard InChI is InChI=1S/C12H24N2S/c1-3-11-5-4-6-14(11)12(8-13)7-10(2)15-9-12/h10-11H,3-9,13H2,1-2H3. The highest BCUT2D eigenvalue weighted by atomic mass is 32.2. The van der Waals surface area contributed by atoms with Crippen LogP contribution in [0.15, 0.2) is 0 Å². The summed E-state index contributed by atoms with van der Waals surface area (Å²) in [4.78, 5) is 2.74. The topological polar surface area (TPSA) is 29.3 Å². The molecular weight excluding hydrogens is 204 g/mol. The van der Waals surface area contributed by atoms with Crippen LogP contribution in [0.3, 0.4) is 0 Å². The Morgan fingerprint density at radius 3 is 2.87 bits per heavy atom. The van der Waals surface area contributed by atoms with E-state index in [1.165, 1.54) is 38.0 Å². The van der Waals surface area contributed by atoms with Crippen LogP contribution < -0.4 is 5.73 Å². The van der Waals surface area contributed by atoms with Gasteiger partial charge in [0.25, 0.3) is 0 Å². The number of hydrogen-bond donors (Lipinski definition) is 1. The normalized spacial score (nSPS) is 42.6. The first-order valence-electron chi connectivity index (χ1n) is 6.30. The second-order valence-electron chi connectivity index (χ2n) is 5.15. The molecule has 0 amide bonds. The van der Waals surface area contributed by atoms with Crippen molar-refractivity contribution < 1.29 is 0 Å². The SMILES string of the molecule is CCC1CCCN1C1(CN)CSC(C)C1. The van der Waals surface area contributed by atoms with E-state index in [4.69, 9.17) is 5.73 Å². The largest absolute Gasteiger partial charge is 0.329 e. The molecule has 0 saturated carbocycles. The lowest BCUT2D eigenvalue weighted by Crippen LogP contribution is -2.56. The van der Waals surface area contributed by atoms with Gasteiger partial charge in [-0.3, -0.25) is 4.90 Å². The predicted octanol–water partition coefficient (Wildman–Crippen LogP) is 2.08. The van der Waals surface area contributed by atoms with Crippen molar-refractivity contribution in [2.24, 2.45) is 5.73 Å². The lowest BCUT2D eigenvalue weighted by molar-refractivity contribution is 0.0960. The summed E-state index contributed by atoms with van der Waals surface area (Å²) >= 11 is 2.11. The molecule has 15 heavy (non-hydrogen) atoms. The number of thioether (sulfide) groups is 1. The molecule has 2 fully saturated rings. The van der Waals surface area contributed by atoms with Crippen LogP contribution in [0.4, 0.5) is 0 Å². The summed E-state index contributed by atoms with van der Waals surface area (Å²) in [7, 11) is 0. The zero-order valence-corrected chi connectivity index (χ0v) is 10.9. The van der Waals surface area contributed by atoms with Crippen molar-refractivity contribution in [3.8, 4) is 0 Å². The van der Waals surface area contributed by atoms with Crippen molar-refractivity contribution in [3.05, 3.63) is 0 Å². The van der Waals surface area contributed by atoms with Crippen LogP contribution in [0.5, 0.6) is 0 Å². The molecule has 0 aliphatic carbocycles. The number of hydrogen-bond acceptors (Lipinski definition) is 3. The van der Waals surface area contributed by atoms with Gasteiger partial charge in [-0.15, -0.1) is 0 Å². The predicted molar refractivity (Wildman–Crippen MR) is 68.3 cm³/mol. The molecule has 2 aliphatic rings. The van der Waals surface area contributed by atoms with Crippen LogP contribution in [-0.4, -0.2) is 40.6 Å². The van der Waals surface area contributed by atoms with E-state index in [9.17, 15) is 0 Å². The molecule has 0 spiro atoms. The van der Waals surface area contributed by atoms with Gasteiger partial charge >= 0.3 is 0 Å². The first-order chi connectivity index (χ1) is 7.22. The first-order valence-corrected chi connectivity index (χ1v) is 7.35. The summed E-state index contributed by atoms with van der Waals surface area (Å²) in [5, 5.41) is 0.798. The molecular formula is C12H24N2S. The van der Waals surface area contributed by atoms with Crippen LogP contribution in [-0.2, 0) is 0 Å². The van der Waals surface area contributed by atoms with Gasteiger partial charge in [-0.05, 0) is 32.2 Å². The third kappa shape index (κ3) is 2.06. The van der Waals surface area contributed by atoms with Gasteiger partial charge < -0.3 is 5.73 Å². The van der Waals surface area contributed by atoms with Crippen LogP contribution in [0.1, 0.15) is 39.5 Å². The maximum atomic E-state index is 6.07. The summed E-state index contributed by atoms with van der Waals surface area (Å²) in [5.74, 6) is 1.25. The number of nitrogens with zero attached hydrogens (tertiary/aromatic N) is 1. The molecule has 2 N–H and O–H groups in total. The van der Waals surface area contributed by atoms with E-state index in [0.29, 0.717) is 5.54 Å². The molecule has 0 bridgehead atoms. The second kappa shape index (κ2) is 4.64. The van der Waals surface area contributed by atoms with E-state index in [1.54, 1.807) is 0 Å². The van der Waals surface area contributed by atoms with E-state index >= 15 is 0 Å². The molecule has 3 unspecified atom stereocenters. The Labute approximate surface area is 98.0 Å².